The molecular weight excluding hydrogens is 460 g/mol. The van der Waals surface area contributed by atoms with E-state index in [4.69, 9.17) is 5.84 Å². The Morgan fingerprint density at radius 3 is 1.13 bits per heavy atom. The first-order valence-corrected chi connectivity index (χ1v) is 12.8. The molecule has 0 aliphatic heterocycles. The molecule has 0 aliphatic carbocycles. The zero-order chi connectivity index (χ0) is 25.7. The van der Waals surface area contributed by atoms with Gasteiger partial charge in [0.25, 0.3) is 0 Å². The maximum absolute atomic E-state index is 6.09. The van der Waals surface area contributed by atoms with Crippen molar-refractivity contribution in [1.82, 2.24) is 0 Å². The zero-order valence-electron chi connectivity index (χ0n) is 21.0. The minimum absolute atomic E-state index is 0.888. The quantitative estimate of drug-likeness (QED) is 0.181. The van der Waals surface area contributed by atoms with Crippen LogP contribution in [0.4, 0.5) is 5.69 Å². The van der Waals surface area contributed by atoms with E-state index >= 15 is 0 Å². The highest BCUT2D eigenvalue weighted by Gasteiger charge is 2.18. The third-order valence-corrected chi connectivity index (χ3v) is 7.01. The molecule has 6 aromatic rings. The van der Waals surface area contributed by atoms with E-state index in [1.54, 1.807) is 0 Å². The number of hydrazine groups is 1. The fraction of sp³-hybridized carbons (Fsp3) is 0. The molecule has 3 N–H and O–H groups in total. The second-order valence-electron chi connectivity index (χ2n) is 9.31. The van der Waals surface area contributed by atoms with Crippen molar-refractivity contribution in [2.24, 2.45) is 5.84 Å². The topological polar surface area (TPSA) is 38.0 Å². The molecule has 0 bridgehead atoms. The van der Waals surface area contributed by atoms with Gasteiger partial charge in [-0.05, 0) is 56.1 Å². The number of anilines is 1. The van der Waals surface area contributed by atoms with Crippen molar-refractivity contribution in [3.63, 3.8) is 0 Å². The molecule has 0 saturated heterocycles. The number of rotatable bonds is 6. The van der Waals surface area contributed by atoms with Crippen LogP contribution in [0.2, 0.25) is 0 Å². The summed E-state index contributed by atoms with van der Waals surface area (Å²) in [6.45, 7) is 0. The molecule has 0 saturated carbocycles. The summed E-state index contributed by atoms with van der Waals surface area (Å²) in [6, 6.07) is 53.3. The first-order chi connectivity index (χ1) is 18.8. The minimum Gasteiger partial charge on any atom is -0.323 e. The summed E-state index contributed by atoms with van der Waals surface area (Å²) >= 11 is 0. The van der Waals surface area contributed by atoms with Crippen LogP contribution in [0.1, 0.15) is 0 Å². The standard InChI is InChI=1S/C36H28N2/c37-38-34-25-24-33(30-14-8-3-9-15-30)35(31-20-16-28(17-21-31)26-10-4-1-5-11-26)36(34)32-22-18-29(19-23-32)27-12-6-2-7-13-27/h1-25,38H,37H2. The minimum atomic E-state index is 0.888. The van der Waals surface area contributed by atoms with Crippen molar-refractivity contribution >= 4 is 5.69 Å². The molecule has 6 aromatic carbocycles. The van der Waals surface area contributed by atoms with E-state index in [9.17, 15) is 0 Å². The summed E-state index contributed by atoms with van der Waals surface area (Å²) in [7, 11) is 0. The van der Waals surface area contributed by atoms with E-state index in [0.29, 0.717) is 0 Å². The zero-order valence-corrected chi connectivity index (χ0v) is 21.0. The molecule has 2 heteroatoms. The largest absolute Gasteiger partial charge is 0.323 e. The third-order valence-electron chi connectivity index (χ3n) is 7.01. The average molecular weight is 489 g/mol. The second kappa shape index (κ2) is 10.6. The fourth-order valence-corrected chi connectivity index (χ4v) is 5.10. The van der Waals surface area contributed by atoms with Crippen LogP contribution in [0.15, 0.2) is 152 Å². The highest BCUT2D eigenvalue weighted by atomic mass is 15.2. The third kappa shape index (κ3) is 4.61. The monoisotopic (exact) mass is 488 g/mol. The van der Waals surface area contributed by atoms with Crippen molar-refractivity contribution in [3.8, 4) is 55.6 Å². The molecule has 2 nitrogen and oxygen atoms in total. The van der Waals surface area contributed by atoms with Gasteiger partial charge in [0.1, 0.15) is 0 Å². The molecule has 0 amide bonds. The second-order valence-corrected chi connectivity index (χ2v) is 9.31. The summed E-state index contributed by atoms with van der Waals surface area (Å²) in [5.74, 6) is 6.09. The first-order valence-electron chi connectivity index (χ1n) is 12.8. The number of benzene rings is 6. The van der Waals surface area contributed by atoms with Crippen molar-refractivity contribution in [2.45, 2.75) is 0 Å². The Morgan fingerprint density at radius 1 is 0.316 bits per heavy atom. The van der Waals surface area contributed by atoms with Gasteiger partial charge in [0.2, 0.25) is 0 Å². The predicted octanol–water partition coefficient (Wildman–Crippen LogP) is 9.31. The van der Waals surface area contributed by atoms with Gasteiger partial charge in [0.15, 0.2) is 0 Å². The highest BCUT2D eigenvalue weighted by molar-refractivity contribution is 6.00. The van der Waals surface area contributed by atoms with E-state index < -0.39 is 0 Å². The molecule has 0 aliphatic rings. The van der Waals surface area contributed by atoms with Gasteiger partial charge >= 0.3 is 0 Å². The van der Waals surface area contributed by atoms with Gasteiger partial charge in [-0.3, -0.25) is 5.84 Å². The van der Waals surface area contributed by atoms with Gasteiger partial charge in [-0.2, -0.15) is 0 Å². The van der Waals surface area contributed by atoms with Gasteiger partial charge in [-0.1, -0.05) is 146 Å². The Balaban J connectivity index is 1.54. The summed E-state index contributed by atoms with van der Waals surface area (Å²) in [6.07, 6.45) is 0. The lowest BCUT2D eigenvalue weighted by Crippen LogP contribution is -2.09. The van der Waals surface area contributed by atoms with E-state index in [-0.39, 0.29) is 0 Å². The Hall–Kier alpha value is -4.92. The summed E-state index contributed by atoms with van der Waals surface area (Å²) in [5.41, 5.74) is 15.5. The molecule has 38 heavy (non-hydrogen) atoms. The Kier molecular flexibility index (Phi) is 6.55. The lowest BCUT2D eigenvalue weighted by atomic mass is 9.85. The Morgan fingerprint density at radius 2 is 0.684 bits per heavy atom. The molecule has 0 unspecified atom stereocenters. The smallest absolute Gasteiger partial charge is 0.0570 e. The van der Waals surface area contributed by atoms with E-state index in [1.165, 1.54) is 33.4 Å². The van der Waals surface area contributed by atoms with Crippen molar-refractivity contribution < 1.29 is 0 Å². The van der Waals surface area contributed by atoms with Crippen LogP contribution in [-0.4, -0.2) is 0 Å². The molecule has 0 fully saturated rings. The lowest BCUT2D eigenvalue weighted by Gasteiger charge is -2.20. The maximum Gasteiger partial charge on any atom is 0.0570 e. The van der Waals surface area contributed by atoms with Crippen LogP contribution < -0.4 is 11.3 Å². The fourth-order valence-electron chi connectivity index (χ4n) is 5.10. The number of hydrogen-bond acceptors (Lipinski definition) is 2. The SMILES string of the molecule is NNc1ccc(-c2ccccc2)c(-c2ccc(-c3ccccc3)cc2)c1-c1ccc(-c2ccccc2)cc1. The van der Waals surface area contributed by atoms with Gasteiger partial charge < -0.3 is 5.43 Å². The van der Waals surface area contributed by atoms with Crippen LogP contribution in [0, 0.1) is 0 Å². The Bertz CT molecular complexity index is 1640. The van der Waals surface area contributed by atoms with Crippen molar-refractivity contribution in [1.29, 1.82) is 0 Å². The first kappa shape index (κ1) is 23.5. The number of nitrogen functional groups attached to an aromatic ring is 1. The van der Waals surface area contributed by atoms with E-state index in [2.05, 4.69) is 145 Å². The molecule has 6 rings (SSSR count). The summed E-state index contributed by atoms with van der Waals surface area (Å²) < 4.78 is 0. The van der Waals surface area contributed by atoms with Crippen LogP contribution in [-0.2, 0) is 0 Å². The van der Waals surface area contributed by atoms with Crippen molar-refractivity contribution in [3.05, 3.63) is 152 Å². The number of nitrogens with one attached hydrogen (secondary N) is 1. The van der Waals surface area contributed by atoms with E-state index in [1.807, 2.05) is 12.1 Å². The molecule has 0 heterocycles. The van der Waals surface area contributed by atoms with Gasteiger partial charge in [0.05, 0.1) is 5.69 Å². The molecule has 0 atom stereocenters. The molecule has 0 radical (unpaired) electrons. The van der Waals surface area contributed by atoms with Gasteiger partial charge in [-0.15, -0.1) is 0 Å². The maximum atomic E-state index is 6.09. The van der Waals surface area contributed by atoms with Crippen LogP contribution in [0.3, 0.4) is 0 Å². The van der Waals surface area contributed by atoms with Crippen LogP contribution in [0.25, 0.3) is 55.6 Å². The number of nitrogens with two attached hydrogens (primary N) is 1. The van der Waals surface area contributed by atoms with Crippen LogP contribution >= 0.6 is 0 Å². The van der Waals surface area contributed by atoms with E-state index in [0.717, 1.165) is 27.9 Å². The predicted molar refractivity (Wildman–Crippen MR) is 161 cm³/mol. The van der Waals surface area contributed by atoms with Crippen molar-refractivity contribution in [2.75, 3.05) is 5.43 Å². The Labute approximate surface area is 224 Å². The van der Waals surface area contributed by atoms with Crippen LogP contribution in [0.5, 0.6) is 0 Å². The summed E-state index contributed by atoms with van der Waals surface area (Å²) in [4.78, 5) is 0. The molecule has 182 valence electrons. The normalized spacial score (nSPS) is 10.8. The highest BCUT2D eigenvalue weighted by Crippen LogP contribution is 2.44. The molecule has 0 aromatic heterocycles. The average Bonchev–Trinajstić information content (AvgIpc) is 3.02. The summed E-state index contributed by atoms with van der Waals surface area (Å²) in [5, 5.41) is 0. The molecule has 0 spiro atoms. The molecular formula is C36H28N2. The van der Waals surface area contributed by atoms with Gasteiger partial charge in [0, 0.05) is 5.56 Å². The van der Waals surface area contributed by atoms with Gasteiger partial charge in [-0.25, -0.2) is 0 Å². The number of hydrogen-bond donors (Lipinski definition) is 2. The lowest BCUT2D eigenvalue weighted by molar-refractivity contribution is 1.35.